The molecule has 0 aromatic heterocycles. The van der Waals surface area contributed by atoms with Crippen LogP contribution in [0.25, 0.3) is 10.8 Å². The third-order valence-electron chi connectivity index (χ3n) is 3.26. The van der Waals surface area contributed by atoms with E-state index in [1.165, 1.54) is 0 Å². The summed E-state index contributed by atoms with van der Waals surface area (Å²) < 4.78 is 27.5. The number of halogens is 1. The lowest BCUT2D eigenvalue weighted by molar-refractivity contribution is 0.530. The van der Waals surface area contributed by atoms with E-state index in [1.807, 2.05) is 37.3 Å². The van der Waals surface area contributed by atoms with E-state index < -0.39 is 10.0 Å². The zero-order valence-corrected chi connectivity index (χ0v) is 12.9. The van der Waals surface area contributed by atoms with Crippen molar-refractivity contribution in [2.45, 2.75) is 18.2 Å². The smallest absolute Gasteiger partial charge is 0.211 e. The zero-order chi connectivity index (χ0) is 14.6. The summed E-state index contributed by atoms with van der Waals surface area (Å²) >= 11 is 5.66. The Labute approximate surface area is 125 Å². The average molecular weight is 312 g/mol. The molecule has 1 atom stereocenters. The second kappa shape index (κ2) is 6.57. The van der Waals surface area contributed by atoms with E-state index in [0.717, 1.165) is 17.2 Å². The van der Waals surface area contributed by atoms with Crippen molar-refractivity contribution in [2.75, 3.05) is 12.4 Å². The first-order valence-corrected chi connectivity index (χ1v) is 8.60. The molecule has 0 saturated carbocycles. The largest absolute Gasteiger partial charge is 0.241 e. The molecule has 5 heteroatoms. The van der Waals surface area contributed by atoms with Crippen molar-refractivity contribution in [1.82, 2.24) is 4.72 Å². The Morgan fingerprint density at radius 2 is 1.85 bits per heavy atom. The Morgan fingerprint density at radius 1 is 1.15 bits per heavy atom. The molecule has 0 saturated heterocycles. The van der Waals surface area contributed by atoms with Gasteiger partial charge < -0.3 is 0 Å². The highest BCUT2D eigenvalue weighted by Crippen LogP contribution is 2.22. The minimum absolute atomic E-state index is 0.220. The second-order valence-corrected chi connectivity index (χ2v) is 7.03. The van der Waals surface area contributed by atoms with Crippen LogP contribution >= 0.6 is 11.6 Å². The molecule has 0 fully saturated rings. The fraction of sp³-hybridized carbons (Fsp3) is 0.333. The first kappa shape index (κ1) is 15.3. The van der Waals surface area contributed by atoms with Crippen LogP contribution in [-0.4, -0.2) is 20.8 Å². The minimum atomic E-state index is -3.49. The van der Waals surface area contributed by atoms with Gasteiger partial charge in [-0.25, -0.2) is 13.1 Å². The number of fused-ring (bicyclic) bond motifs is 1. The van der Waals surface area contributed by atoms with Crippen molar-refractivity contribution < 1.29 is 8.42 Å². The van der Waals surface area contributed by atoms with Crippen LogP contribution in [0.3, 0.4) is 0 Å². The summed E-state index contributed by atoms with van der Waals surface area (Å²) in [6, 6.07) is 12.8. The summed E-state index contributed by atoms with van der Waals surface area (Å²) in [6.45, 7) is 2.38. The number of alkyl halides is 1. The summed E-state index contributed by atoms with van der Waals surface area (Å²) in [4.78, 5) is 0.327. The molecule has 2 rings (SSSR count). The van der Waals surface area contributed by atoms with E-state index >= 15 is 0 Å². The summed E-state index contributed by atoms with van der Waals surface area (Å²) in [6.07, 6.45) is 0.791. The van der Waals surface area contributed by atoms with Crippen LogP contribution in [0.5, 0.6) is 0 Å². The monoisotopic (exact) mass is 311 g/mol. The van der Waals surface area contributed by atoms with Crippen LogP contribution < -0.4 is 4.72 Å². The Balaban J connectivity index is 2.28. The fourth-order valence-electron chi connectivity index (χ4n) is 2.05. The average Bonchev–Trinajstić information content (AvgIpc) is 2.45. The standard InChI is InChI=1S/C15H18ClNO2S/c1-12(9-10-16)11-17-20(18,19)15-8-4-6-13-5-2-3-7-14(13)15/h2-8,12,17H,9-11H2,1H3. The third kappa shape index (κ3) is 3.51. The van der Waals surface area contributed by atoms with Crippen LogP contribution in [0, 0.1) is 5.92 Å². The molecule has 3 nitrogen and oxygen atoms in total. The number of nitrogens with one attached hydrogen (secondary N) is 1. The number of sulfonamides is 1. The van der Waals surface area contributed by atoms with E-state index in [-0.39, 0.29) is 5.92 Å². The normalized spacial score (nSPS) is 13.5. The molecule has 108 valence electrons. The molecular weight excluding hydrogens is 294 g/mol. The van der Waals surface area contributed by atoms with Crippen LogP contribution in [-0.2, 0) is 10.0 Å². The lowest BCUT2D eigenvalue weighted by Gasteiger charge is -2.13. The molecule has 20 heavy (non-hydrogen) atoms. The van der Waals surface area contributed by atoms with E-state index in [2.05, 4.69) is 4.72 Å². The van der Waals surface area contributed by atoms with Crippen molar-refractivity contribution >= 4 is 32.4 Å². The molecular formula is C15H18ClNO2S. The first-order valence-electron chi connectivity index (χ1n) is 6.58. The minimum Gasteiger partial charge on any atom is -0.211 e. The highest BCUT2D eigenvalue weighted by molar-refractivity contribution is 7.89. The molecule has 0 bridgehead atoms. The van der Waals surface area contributed by atoms with Crippen LogP contribution in [0.1, 0.15) is 13.3 Å². The molecule has 0 aliphatic rings. The summed E-state index contributed by atoms with van der Waals surface area (Å²) in [5.74, 6) is 0.759. The van der Waals surface area contributed by atoms with Crippen LogP contribution in [0.15, 0.2) is 47.4 Å². The Hall–Kier alpha value is -1.10. The fourth-order valence-corrected chi connectivity index (χ4v) is 3.81. The van der Waals surface area contributed by atoms with Crippen molar-refractivity contribution in [3.05, 3.63) is 42.5 Å². The van der Waals surface area contributed by atoms with Gasteiger partial charge in [0.25, 0.3) is 0 Å². The predicted octanol–water partition coefficient (Wildman–Crippen LogP) is 3.38. The van der Waals surface area contributed by atoms with Gasteiger partial charge in [0.05, 0.1) is 4.90 Å². The maximum absolute atomic E-state index is 12.4. The van der Waals surface area contributed by atoms with E-state index in [9.17, 15) is 8.42 Å². The molecule has 0 heterocycles. The van der Waals surface area contributed by atoms with Crippen molar-refractivity contribution in [3.8, 4) is 0 Å². The summed E-state index contributed by atoms with van der Waals surface area (Å²) in [5.41, 5.74) is 0. The van der Waals surface area contributed by atoms with E-state index in [1.54, 1.807) is 12.1 Å². The second-order valence-electron chi connectivity index (χ2n) is 4.91. The van der Waals surface area contributed by atoms with Gasteiger partial charge in [0.15, 0.2) is 0 Å². The van der Waals surface area contributed by atoms with Gasteiger partial charge in [-0.1, -0.05) is 43.3 Å². The van der Waals surface area contributed by atoms with Gasteiger partial charge in [-0.15, -0.1) is 11.6 Å². The van der Waals surface area contributed by atoms with Gasteiger partial charge in [-0.05, 0) is 23.8 Å². The first-order chi connectivity index (χ1) is 9.54. The quantitative estimate of drug-likeness (QED) is 0.831. The summed E-state index contributed by atoms with van der Waals surface area (Å²) in [5, 5.41) is 1.66. The van der Waals surface area contributed by atoms with Gasteiger partial charge >= 0.3 is 0 Å². The summed E-state index contributed by atoms with van der Waals surface area (Å²) in [7, 11) is -3.49. The highest BCUT2D eigenvalue weighted by atomic mass is 35.5. The molecule has 2 aromatic carbocycles. The van der Waals surface area contributed by atoms with Gasteiger partial charge in [0.1, 0.15) is 0 Å². The van der Waals surface area contributed by atoms with Crippen molar-refractivity contribution in [3.63, 3.8) is 0 Å². The van der Waals surface area contributed by atoms with Crippen molar-refractivity contribution in [2.24, 2.45) is 5.92 Å². The Morgan fingerprint density at radius 3 is 2.60 bits per heavy atom. The van der Waals surface area contributed by atoms with E-state index in [0.29, 0.717) is 17.3 Å². The predicted molar refractivity (Wildman–Crippen MR) is 83.6 cm³/mol. The molecule has 0 radical (unpaired) electrons. The highest BCUT2D eigenvalue weighted by Gasteiger charge is 2.17. The molecule has 1 unspecified atom stereocenters. The van der Waals surface area contributed by atoms with Gasteiger partial charge in [-0.2, -0.15) is 0 Å². The van der Waals surface area contributed by atoms with Gasteiger partial charge in [0.2, 0.25) is 10.0 Å². The lowest BCUT2D eigenvalue weighted by Crippen LogP contribution is -2.28. The van der Waals surface area contributed by atoms with Gasteiger partial charge in [0, 0.05) is 17.8 Å². The maximum atomic E-state index is 12.4. The Bertz CT molecular complexity index is 680. The molecule has 1 N–H and O–H groups in total. The Kier molecular flexibility index (Phi) is 5.02. The van der Waals surface area contributed by atoms with Gasteiger partial charge in [-0.3, -0.25) is 0 Å². The topological polar surface area (TPSA) is 46.2 Å². The maximum Gasteiger partial charge on any atom is 0.241 e. The number of benzene rings is 2. The molecule has 0 aliphatic heterocycles. The molecule has 0 amide bonds. The van der Waals surface area contributed by atoms with Crippen LogP contribution in [0.2, 0.25) is 0 Å². The zero-order valence-electron chi connectivity index (χ0n) is 11.3. The number of rotatable bonds is 6. The number of hydrogen-bond donors (Lipinski definition) is 1. The lowest BCUT2D eigenvalue weighted by atomic mass is 10.1. The van der Waals surface area contributed by atoms with E-state index in [4.69, 9.17) is 11.6 Å². The van der Waals surface area contributed by atoms with Crippen molar-refractivity contribution in [1.29, 1.82) is 0 Å². The molecule has 2 aromatic rings. The third-order valence-corrected chi connectivity index (χ3v) is 4.96. The number of hydrogen-bond acceptors (Lipinski definition) is 2. The SMILES string of the molecule is CC(CCCl)CNS(=O)(=O)c1cccc2ccccc12. The molecule has 0 aliphatic carbocycles. The van der Waals surface area contributed by atoms with Crippen LogP contribution in [0.4, 0.5) is 0 Å². The molecule has 0 spiro atoms.